The van der Waals surface area contributed by atoms with E-state index in [-0.39, 0.29) is 27.9 Å². The molecule has 0 bridgehead atoms. The number of carbonyl (C=O) groups excluding carboxylic acids is 3. The molecule has 272 valence electrons. The number of phenolic OH excluding ortho intramolecular Hbond substituents is 1. The Hall–Kier alpha value is -3.40. The van der Waals surface area contributed by atoms with Gasteiger partial charge >= 0.3 is 18.0 Å². The van der Waals surface area contributed by atoms with Gasteiger partial charge in [0, 0.05) is 51.9 Å². The van der Waals surface area contributed by atoms with Crippen molar-refractivity contribution in [1.29, 1.82) is 0 Å². The molecule has 0 unspecified atom stereocenters. The van der Waals surface area contributed by atoms with Gasteiger partial charge in [0.2, 0.25) is 5.91 Å². The number of carboxylic acids is 2. The Morgan fingerprint density at radius 3 is 1.73 bits per heavy atom. The quantitative estimate of drug-likeness (QED) is 0.196. The first-order valence-corrected chi connectivity index (χ1v) is 16.8. The van der Waals surface area contributed by atoms with E-state index in [1.165, 1.54) is 18.7 Å². The first-order valence-electron chi connectivity index (χ1n) is 15.8. The molecule has 0 saturated carbocycles. The number of aliphatic hydroxyl groups is 2. The molecule has 1 fully saturated rings. The predicted octanol–water partition coefficient (Wildman–Crippen LogP) is 1.86. The van der Waals surface area contributed by atoms with Gasteiger partial charge in [-0.1, -0.05) is 65.4 Å². The van der Waals surface area contributed by atoms with Crippen LogP contribution in [0, 0.1) is 0 Å². The molecule has 1 aromatic rings. The fraction of sp³-hybridized carbons (Fsp3) is 0.667. The number of benzene rings is 1. The number of thioether (sulfide) groups is 1. The Labute approximate surface area is 287 Å². The summed E-state index contributed by atoms with van der Waals surface area (Å²) in [5.74, 6) is -2.80. The fourth-order valence-electron chi connectivity index (χ4n) is 4.77. The molecule has 1 saturated heterocycles. The largest absolute Gasteiger partial charge is 0.507 e. The third-order valence-electron chi connectivity index (χ3n) is 7.74. The zero-order valence-corrected chi connectivity index (χ0v) is 30.4. The van der Waals surface area contributed by atoms with Gasteiger partial charge in [0.15, 0.2) is 17.3 Å². The molecule has 1 heterocycles. The van der Waals surface area contributed by atoms with E-state index in [1.807, 2.05) is 19.2 Å². The Bertz CT molecular complexity index is 1230. The van der Waals surface area contributed by atoms with E-state index in [4.69, 9.17) is 20.4 Å². The summed E-state index contributed by atoms with van der Waals surface area (Å²) in [6.07, 6.45) is -3.94. The van der Waals surface area contributed by atoms with Gasteiger partial charge < -0.3 is 45.5 Å². The van der Waals surface area contributed by atoms with Crippen LogP contribution >= 0.6 is 11.8 Å². The number of aromatic hydroxyl groups is 1. The summed E-state index contributed by atoms with van der Waals surface area (Å²) in [6.45, 7) is 19.5. The van der Waals surface area contributed by atoms with Crippen LogP contribution < -0.4 is 5.32 Å². The summed E-state index contributed by atoms with van der Waals surface area (Å²) in [5.41, 5.74) is 2.32. The average molecular weight is 699 g/mol. The fourth-order valence-corrected chi connectivity index (χ4v) is 5.37. The number of nitrogens with one attached hydrogen (secondary N) is 1. The van der Waals surface area contributed by atoms with Crippen molar-refractivity contribution in [3.8, 4) is 5.75 Å². The molecule has 0 spiro atoms. The standard InChI is InChI=1S/C29H48N4O4S.C4H6O6/c1-20(26(36)32-14-12-31(9)13-15-32)30-27(37)33(16-17-38-21(2)34)11-10-22-18-23(28(3,4)5)25(35)24(19-22)29(6,7)8;5-1(3(7)8)2(6)4(9)10/h18-20,35H,10-17H2,1-9H3,(H,30,37);1-2,5-6H,(H,7,8)(H,9,10)/t20-;1-,2-/m01/s1. The minimum Gasteiger partial charge on any atom is -0.507 e. The van der Waals surface area contributed by atoms with Crippen molar-refractivity contribution in [2.75, 3.05) is 52.1 Å². The number of carboxylic acid groups (broad SMARTS) is 2. The van der Waals surface area contributed by atoms with Crippen LogP contribution in [-0.4, -0.2) is 140 Å². The second-order valence-corrected chi connectivity index (χ2v) is 15.3. The summed E-state index contributed by atoms with van der Waals surface area (Å²) in [6, 6.07) is 3.12. The highest BCUT2D eigenvalue weighted by Crippen LogP contribution is 2.39. The van der Waals surface area contributed by atoms with Crippen molar-refractivity contribution in [1.82, 2.24) is 20.0 Å². The summed E-state index contributed by atoms with van der Waals surface area (Å²) < 4.78 is 0. The third kappa shape index (κ3) is 13.6. The smallest absolute Gasteiger partial charge is 0.335 e. The number of aliphatic carboxylic acids is 2. The molecule has 14 nitrogen and oxygen atoms in total. The Morgan fingerprint density at radius 1 is 0.875 bits per heavy atom. The lowest BCUT2D eigenvalue weighted by Crippen LogP contribution is -2.55. The zero-order valence-electron chi connectivity index (χ0n) is 29.6. The molecule has 3 amide bonds. The molecule has 1 aromatic carbocycles. The first-order chi connectivity index (χ1) is 22.0. The molecule has 2 rings (SSSR count). The third-order valence-corrected chi connectivity index (χ3v) is 8.53. The van der Waals surface area contributed by atoms with Crippen molar-refractivity contribution in [2.45, 2.75) is 90.9 Å². The maximum atomic E-state index is 13.3. The molecule has 48 heavy (non-hydrogen) atoms. The van der Waals surface area contributed by atoms with Crippen LogP contribution in [0.15, 0.2) is 12.1 Å². The number of aliphatic hydroxyl groups excluding tert-OH is 2. The minimum absolute atomic E-state index is 0.00661. The number of hydrogen-bond donors (Lipinski definition) is 6. The van der Waals surface area contributed by atoms with E-state index in [0.29, 0.717) is 44.1 Å². The van der Waals surface area contributed by atoms with Crippen molar-refractivity contribution >= 4 is 40.8 Å². The van der Waals surface area contributed by atoms with Crippen LogP contribution in [0.2, 0.25) is 0 Å². The number of piperazine rings is 1. The molecule has 1 aliphatic rings. The number of nitrogens with zero attached hydrogens (tertiary/aromatic N) is 3. The van der Waals surface area contributed by atoms with Crippen molar-refractivity contribution in [3.05, 3.63) is 28.8 Å². The lowest BCUT2D eigenvalue weighted by molar-refractivity contribution is -0.165. The van der Waals surface area contributed by atoms with E-state index in [0.717, 1.165) is 29.8 Å². The van der Waals surface area contributed by atoms with Gasteiger partial charge in [-0.3, -0.25) is 9.59 Å². The SMILES string of the molecule is CC(=O)SCCN(CCc1cc(C(C)(C)C)c(O)c(C(C)(C)C)c1)C(=O)N[C@@H](C)C(=O)N1CCN(C)CC1.O=C(O)[C@H](O)[C@@H](O)C(=O)O. The Kier molecular flexibility index (Phi) is 16.3. The average Bonchev–Trinajstić information content (AvgIpc) is 2.97. The van der Waals surface area contributed by atoms with Crippen LogP contribution in [0.1, 0.15) is 72.1 Å². The molecule has 0 radical (unpaired) electrons. The number of likely N-dealkylation sites (N-methyl/N-ethyl adjacent to an activating group) is 1. The van der Waals surface area contributed by atoms with Gasteiger partial charge in [-0.2, -0.15) is 0 Å². The molecular formula is C33H54N4O10S. The van der Waals surface area contributed by atoms with E-state index in [2.05, 4.69) is 51.8 Å². The maximum absolute atomic E-state index is 13.3. The summed E-state index contributed by atoms with van der Waals surface area (Å²) >= 11 is 1.19. The zero-order chi connectivity index (χ0) is 37.1. The van der Waals surface area contributed by atoms with Crippen molar-refractivity contribution in [2.24, 2.45) is 0 Å². The van der Waals surface area contributed by atoms with Crippen molar-refractivity contribution in [3.63, 3.8) is 0 Å². The summed E-state index contributed by atoms with van der Waals surface area (Å²) in [7, 11) is 2.03. The van der Waals surface area contributed by atoms with Crippen LogP contribution in [0.5, 0.6) is 5.75 Å². The lowest BCUT2D eigenvalue weighted by Gasteiger charge is -2.34. The molecule has 3 atom stereocenters. The summed E-state index contributed by atoms with van der Waals surface area (Å²) in [5, 5.41) is 46.5. The topological polar surface area (TPSA) is 208 Å². The van der Waals surface area contributed by atoms with Crippen LogP contribution in [0.4, 0.5) is 4.79 Å². The van der Waals surface area contributed by atoms with Crippen LogP contribution in [0.25, 0.3) is 0 Å². The molecule has 0 aliphatic carbocycles. The number of phenols is 1. The Morgan fingerprint density at radius 2 is 1.33 bits per heavy atom. The second-order valence-electron chi connectivity index (χ2n) is 14.0. The number of carbonyl (C=O) groups is 5. The van der Waals surface area contributed by atoms with Gasteiger partial charge in [0.25, 0.3) is 0 Å². The highest BCUT2D eigenvalue weighted by molar-refractivity contribution is 8.13. The van der Waals surface area contributed by atoms with Gasteiger partial charge in [0.05, 0.1) is 0 Å². The van der Waals surface area contributed by atoms with E-state index in [9.17, 15) is 29.1 Å². The number of hydrogen-bond acceptors (Lipinski definition) is 10. The molecule has 0 aromatic heterocycles. The second kappa shape index (κ2) is 18.4. The van der Waals surface area contributed by atoms with Gasteiger partial charge in [0.1, 0.15) is 11.8 Å². The molecule has 6 N–H and O–H groups in total. The molecular weight excluding hydrogens is 644 g/mol. The van der Waals surface area contributed by atoms with E-state index >= 15 is 0 Å². The Balaban J connectivity index is 0.000000993. The predicted molar refractivity (Wildman–Crippen MR) is 183 cm³/mol. The lowest BCUT2D eigenvalue weighted by atomic mass is 9.78. The van der Waals surface area contributed by atoms with Crippen LogP contribution in [0.3, 0.4) is 0 Å². The normalized spacial score (nSPS) is 15.8. The van der Waals surface area contributed by atoms with E-state index < -0.39 is 30.2 Å². The number of urea groups is 1. The van der Waals surface area contributed by atoms with E-state index in [1.54, 1.807) is 16.7 Å². The first kappa shape index (κ1) is 42.6. The van der Waals surface area contributed by atoms with Gasteiger partial charge in [-0.25, -0.2) is 14.4 Å². The maximum Gasteiger partial charge on any atom is 0.335 e. The number of amides is 3. The molecule has 1 aliphatic heterocycles. The monoisotopic (exact) mass is 698 g/mol. The van der Waals surface area contributed by atoms with Gasteiger partial charge in [-0.05, 0) is 47.9 Å². The molecule has 15 heteroatoms. The highest BCUT2D eigenvalue weighted by atomic mass is 32.2. The van der Waals surface area contributed by atoms with Crippen molar-refractivity contribution < 1.29 is 49.5 Å². The van der Waals surface area contributed by atoms with Crippen LogP contribution in [-0.2, 0) is 36.4 Å². The number of rotatable bonds is 11. The summed E-state index contributed by atoms with van der Waals surface area (Å²) in [4.78, 5) is 63.0. The van der Waals surface area contributed by atoms with Gasteiger partial charge in [-0.15, -0.1) is 0 Å². The highest BCUT2D eigenvalue weighted by Gasteiger charge is 2.30. The minimum atomic E-state index is -2.27.